The van der Waals surface area contributed by atoms with Crippen molar-refractivity contribution in [2.75, 3.05) is 26.2 Å². The van der Waals surface area contributed by atoms with Crippen LogP contribution >= 0.6 is 0 Å². The Morgan fingerprint density at radius 2 is 1.83 bits per heavy atom. The summed E-state index contributed by atoms with van der Waals surface area (Å²) in [5.74, 6) is 0.249. The number of hydrogen-bond acceptors (Lipinski definition) is 5. The fourth-order valence-electron chi connectivity index (χ4n) is 3.45. The molecule has 0 saturated carbocycles. The minimum Gasteiger partial charge on any atom is -0.461 e. The third kappa shape index (κ3) is 4.38. The van der Waals surface area contributed by atoms with Crippen LogP contribution in [0.4, 0.5) is 0 Å². The van der Waals surface area contributed by atoms with Crippen molar-refractivity contribution < 1.29 is 9.53 Å². The van der Waals surface area contributed by atoms with Gasteiger partial charge in [0, 0.05) is 6.54 Å². The molecular formula is C23H27N3O3. The lowest BCUT2D eigenvalue weighted by atomic mass is 10.1. The molecule has 1 aromatic heterocycles. The van der Waals surface area contributed by atoms with Crippen molar-refractivity contribution in [3.63, 3.8) is 0 Å². The number of likely N-dealkylation sites (N-methyl/N-ethyl adjacent to an activating group) is 1. The largest absolute Gasteiger partial charge is 0.461 e. The maximum atomic E-state index is 13.0. The van der Waals surface area contributed by atoms with Gasteiger partial charge in [-0.15, -0.1) is 0 Å². The summed E-state index contributed by atoms with van der Waals surface area (Å²) in [5, 5.41) is 0.567. The third-order valence-electron chi connectivity index (χ3n) is 5.15. The minimum absolute atomic E-state index is 0.120. The monoisotopic (exact) mass is 393 g/mol. The molecule has 0 atom stereocenters. The first-order valence-electron chi connectivity index (χ1n) is 9.95. The highest BCUT2D eigenvalue weighted by molar-refractivity contribution is 5.90. The first kappa shape index (κ1) is 20.7. The predicted octanol–water partition coefficient (Wildman–Crippen LogP) is 3.50. The lowest BCUT2D eigenvalue weighted by molar-refractivity contribution is 0.0466. The molecule has 0 bridgehead atoms. The van der Waals surface area contributed by atoms with Gasteiger partial charge in [-0.05, 0) is 62.8 Å². The van der Waals surface area contributed by atoms with E-state index in [4.69, 9.17) is 4.74 Å². The first-order chi connectivity index (χ1) is 14.0. The molecule has 1 heterocycles. The molecule has 0 spiro atoms. The number of aromatic nitrogens is 2. The summed E-state index contributed by atoms with van der Waals surface area (Å²) in [6.07, 6.45) is 0. The topological polar surface area (TPSA) is 64.4 Å². The summed E-state index contributed by atoms with van der Waals surface area (Å²) in [6.45, 7) is 10.8. The number of ether oxygens (including phenoxy) is 1. The van der Waals surface area contributed by atoms with Gasteiger partial charge in [-0.3, -0.25) is 9.36 Å². The number of benzene rings is 2. The van der Waals surface area contributed by atoms with Crippen molar-refractivity contribution in [1.82, 2.24) is 14.5 Å². The summed E-state index contributed by atoms with van der Waals surface area (Å²) in [4.78, 5) is 32.1. The molecule has 0 aliphatic carbocycles. The van der Waals surface area contributed by atoms with Gasteiger partial charge in [0.15, 0.2) is 0 Å². The molecule has 3 rings (SSSR count). The normalized spacial score (nSPS) is 11.2. The van der Waals surface area contributed by atoms with Gasteiger partial charge in [0.25, 0.3) is 5.56 Å². The van der Waals surface area contributed by atoms with E-state index in [1.807, 2.05) is 32.0 Å². The number of rotatable bonds is 7. The van der Waals surface area contributed by atoms with Crippen LogP contribution in [0.3, 0.4) is 0 Å². The molecule has 0 amide bonds. The van der Waals surface area contributed by atoms with Crippen molar-refractivity contribution >= 4 is 16.9 Å². The fourth-order valence-corrected chi connectivity index (χ4v) is 3.45. The summed E-state index contributed by atoms with van der Waals surface area (Å²) in [6, 6.07) is 12.5. The molecule has 0 fully saturated rings. The first-order valence-corrected chi connectivity index (χ1v) is 9.95. The van der Waals surface area contributed by atoms with Gasteiger partial charge in [0.1, 0.15) is 12.4 Å². The van der Waals surface area contributed by atoms with Crippen LogP contribution in [0.2, 0.25) is 0 Å². The van der Waals surface area contributed by atoms with E-state index in [2.05, 4.69) is 23.7 Å². The molecule has 0 unspecified atom stereocenters. The van der Waals surface area contributed by atoms with Crippen LogP contribution in [0, 0.1) is 13.8 Å². The van der Waals surface area contributed by atoms with E-state index < -0.39 is 0 Å². The second-order valence-electron chi connectivity index (χ2n) is 6.98. The zero-order chi connectivity index (χ0) is 21.0. The Balaban J connectivity index is 1.86. The number of carbonyl (C=O) groups is 1. The molecule has 0 saturated heterocycles. The molecule has 0 N–H and O–H groups in total. The summed E-state index contributed by atoms with van der Waals surface area (Å²) in [7, 11) is 0. The molecule has 3 aromatic rings. The molecule has 6 heteroatoms. The van der Waals surface area contributed by atoms with Crippen LogP contribution in [0.15, 0.2) is 47.3 Å². The van der Waals surface area contributed by atoms with Gasteiger partial charge in [-0.2, -0.15) is 0 Å². The standard InChI is InChI=1S/C23H27N3O3/c1-5-25(6-2)13-14-29-23(28)18-11-12-21(16(3)15-18)26-17(4)24-20-10-8-7-9-19(20)22(26)27/h7-12,15H,5-6,13-14H2,1-4H3. The van der Waals surface area contributed by atoms with Crippen LogP contribution in [-0.4, -0.2) is 46.7 Å². The molecule has 6 nitrogen and oxygen atoms in total. The molecule has 0 aliphatic rings. The van der Waals surface area contributed by atoms with Gasteiger partial charge < -0.3 is 9.64 Å². The number of hydrogen-bond donors (Lipinski definition) is 0. The Kier molecular flexibility index (Phi) is 6.44. The molecule has 29 heavy (non-hydrogen) atoms. The Labute approximate surface area is 170 Å². The minimum atomic E-state index is -0.354. The van der Waals surface area contributed by atoms with E-state index in [0.29, 0.717) is 41.1 Å². The van der Waals surface area contributed by atoms with Crippen molar-refractivity contribution in [2.45, 2.75) is 27.7 Å². The average Bonchev–Trinajstić information content (AvgIpc) is 2.72. The Morgan fingerprint density at radius 1 is 1.10 bits per heavy atom. The van der Waals surface area contributed by atoms with E-state index in [9.17, 15) is 9.59 Å². The molecule has 152 valence electrons. The average molecular weight is 393 g/mol. The summed E-state index contributed by atoms with van der Waals surface area (Å²) < 4.78 is 7.00. The van der Waals surface area contributed by atoms with Crippen molar-refractivity contribution in [2.24, 2.45) is 0 Å². The lowest BCUT2D eigenvalue weighted by Crippen LogP contribution is -2.28. The molecule has 0 aliphatic heterocycles. The second-order valence-corrected chi connectivity index (χ2v) is 6.98. The van der Waals surface area contributed by atoms with Crippen LogP contribution in [0.5, 0.6) is 0 Å². The van der Waals surface area contributed by atoms with Crippen LogP contribution in [-0.2, 0) is 4.74 Å². The Bertz CT molecular complexity index is 1080. The summed E-state index contributed by atoms with van der Waals surface area (Å²) >= 11 is 0. The number of esters is 1. The van der Waals surface area contributed by atoms with E-state index in [0.717, 1.165) is 18.7 Å². The second kappa shape index (κ2) is 9.01. The number of para-hydroxylation sites is 1. The van der Waals surface area contributed by atoms with Gasteiger partial charge >= 0.3 is 5.97 Å². The quantitative estimate of drug-likeness (QED) is 0.575. The Morgan fingerprint density at radius 3 is 2.52 bits per heavy atom. The van der Waals surface area contributed by atoms with Gasteiger partial charge in [0.2, 0.25) is 0 Å². The SMILES string of the molecule is CCN(CC)CCOC(=O)c1ccc(-n2c(C)nc3ccccc3c2=O)c(C)c1. The van der Waals surface area contributed by atoms with Crippen molar-refractivity contribution in [3.8, 4) is 5.69 Å². The van der Waals surface area contributed by atoms with Gasteiger partial charge in [0.05, 0.1) is 22.2 Å². The number of aryl methyl sites for hydroxylation is 2. The predicted molar refractivity (Wildman–Crippen MR) is 115 cm³/mol. The zero-order valence-electron chi connectivity index (χ0n) is 17.4. The lowest BCUT2D eigenvalue weighted by Gasteiger charge is -2.17. The zero-order valence-corrected chi connectivity index (χ0v) is 17.4. The highest BCUT2D eigenvalue weighted by Crippen LogP contribution is 2.18. The molecule has 0 radical (unpaired) electrons. The third-order valence-corrected chi connectivity index (χ3v) is 5.15. The molecule has 2 aromatic carbocycles. The van der Waals surface area contributed by atoms with Gasteiger partial charge in [-0.1, -0.05) is 26.0 Å². The van der Waals surface area contributed by atoms with E-state index >= 15 is 0 Å². The van der Waals surface area contributed by atoms with E-state index in [1.165, 1.54) is 0 Å². The van der Waals surface area contributed by atoms with Crippen LogP contribution in [0.1, 0.15) is 35.6 Å². The van der Waals surface area contributed by atoms with Crippen LogP contribution < -0.4 is 5.56 Å². The number of carbonyl (C=O) groups excluding carboxylic acids is 1. The van der Waals surface area contributed by atoms with Gasteiger partial charge in [-0.25, -0.2) is 9.78 Å². The highest BCUT2D eigenvalue weighted by Gasteiger charge is 2.14. The van der Waals surface area contributed by atoms with E-state index in [-0.39, 0.29) is 11.5 Å². The van der Waals surface area contributed by atoms with Crippen LogP contribution in [0.25, 0.3) is 16.6 Å². The number of nitrogens with zero attached hydrogens (tertiary/aromatic N) is 3. The van der Waals surface area contributed by atoms with E-state index in [1.54, 1.807) is 28.8 Å². The maximum absolute atomic E-state index is 13.0. The summed E-state index contributed by atoms with van der Waals surface area (Å²) in [5.41, 5.74) is 2.56. The van der Waals surface area contributed by atoms with Crippen molar-refractivity contribution in [3.05, 3.63) is 69.8 Å². The fraction of sp³-hybridized carbons (Fsp3) is 0.348. The smallest absolute Gasteiger partial charge is 0.338 e. The molecular weight excluding hydrogens is 366 g/mol. The van der Waals surface area contributed by atoms with Crippen molar-refractivity contribution in [1.29, 1.82) is 0 Å². The Hall–Kier alpha value is -2.99. The maximum Gasteiger partial charge on any atom is 0.338 e. The highest BCUT2D eigenvalue weighted by atomic mass is 16.5. The number of fused-ring (bicyclic) bond motifs is 1.